The molecule has 2 saturated heterocycles. The highest BCUT2D eigenvalue weighted by Gasteiger charge is 2.30. The SMILES string of the molecule is CCCOc1ccc(CNC(=NC)N2CCN(C(C)C(=O)N3CCCC3)CC2)cn1.I. The first-order chi connectivity index (χ1) is 14.6. The summed E-state index contributed by atoms with van der Waals surface area (Å²) in [4.78, 5) is 28.0. The van der Waals surface area contributed by atoms with E-state index in [1.165, 1.54) is 0 Å². The Bertz CT molecular complexity index is 700. The number of aliphatic imine (C=N–C) groups is 1. The summed E-state index contributed by atoms with van der Waals surface area (Å²) in [5.41, 5.74) is 1.09. The topological polar surface area (TPSA) is 73.3 Å². The molecule has 0 saturated carbocycles. The van der Waals surface area contributed by atoms with Crippen LogP contribution in [0.5, 0.6) is 5.88 Å². The third kappa shape index (κ3) is 7.20. The molecule has 1 aromatic heterocycles. The molecule has 9 heteroatoms. The van der Waals surface area contributed by atoms with Crippen LogP contribution in [0.15, 0.2) is 23.3 Å². The van der Waals surface area contributed by atoms with Crippen molar-refractivity contribution in [2.24, 2.45) is 4.99 Å². The lowest BCUT2D eigenvalue weighted by atomic mass is 10.2. The summed E-state index contributed by atoms with van der Waals surface area (Å²) in [6, 6.07) is 3.90. The molecule has 31 heavy (non-hydrogen) atoms. The lowest BCUT2D eigenvalue weighted by Gasteiger charge is -2.39. The van der Waals surface area contributed by atoms with Gasteiger partial charge < -0.3 is 19.9 Å². The van der Waals surface area contributed by atoms with Crippen LogP contribution in [-0.2, 0) is 11.3 Å². The number of hydrogen-bond acceptors (Lipinski definition) is 5. The maximum absolute atomic E-state index is 12.7. The first-order valence-corrected chi connectivity index (χ1v) is 11.2. The van der Waals surface area contributed by atoms with Crippen molar-refractivity contribution in [3.05, 3.63) is 23.9 Å². The fraction of sp³-hybridized carbons (Fsp3) is 0.682. The second kappa shape index (κ2) is 13.0. The Hall–Kier alpha value is -1.62. The van der Waals surface area contributed by atoms with Crippen LogP contribution in [-0.4, -0.2) is 90.5 Å². The molecule has 0 radical (unpaired) electrons. The molecule has 0 aromatic carbocycles. The third-order valence-electron chi connectivity index (χ3n) is 5.85. The van der Waals surface area contributed by atoms with Gasteiger partial charge in [-0.15, -0.1) is 24.0 Å². The van der Waals surface area contributed by atoms with E-state index in [0.717, 1.165) is 70.1 Å². The number of piperazine rings is 1. The fourth-order valence-electron chi connectivity index (χ4n) is 4.00. The first kappa shape index (κ1) is 25.6. The lowest BCUT2D eigenvalue weighted by molar-refractivity contribution is -0.135. The van der Waals surface area contributed by atoms with E-state index in [9.17, 15) is 4.79 Å². The van der Waals surface area contributed by atoms with E-state index < -0.39 is 0 Å². The largest absolute Gasteiger partial charge is 0.478 e. The second-order valence-corrected chi connectivity index (χ2v) is 7.99. The van der Waals surface area contributed by atoms with E-state index in [-0.39, 0.29) is 35.9 Å². The number of guanidine groups is 1. The molecule has 1 atom stereocenters. The Morgan fingerprint density at radius 2 is 1.87 bits per heavy atom. The molecule has 0 spiro atoms. The quantitative estimate of drug-likeness (QED) is 0.323. The molecule has 1 N–H and O–H groups in total. The number of carbonyl (C=O) groups excluding carboxylic acids is 1. The molecule has 2 fully saturated rings. The van der Waals surface area contributed by atoms with Crippen molar-refractivity contribution < 1.29 is 9.53 Å². The van der Waals surface area contributed by atoms with Gasteiger partial charge in [0.1, 0.15) is 0 Å². The van der Waals surface area contributed by atoms with Gasteiger partial charge in [-0.2, -0.15) is 0 Å². The predicted octanol–water partition coefficient (Wildman–Crippen LogP) is 2.19. The zero-order valence-corrected chi connectivity index (χ0v) is 21.4. The maximum atomic E-state index is 12.7. The van der Waals surface area contributed by atoms with Gasteiger partial charge in [-0.3, -0.25) is 14.7 Å². The van der Waals surface area contributed by atoms with E-state index >= 15 is 0 Å². The standard InChI is InChI=1S/C22H36N6O2.HI/c1-4-15-30-20-8-7-19(16-24-20)17-25-22(23-3)28-13-11-26(12-14-28)18(2)21(29)27-9-5-6-10-27;/h7-8,16,18H,4-6,9-15,17H2,1-3H3,(H,23,25);1H. The summed E-state index contributed by atoms with van der Waals surface area (Å²) in [5, 5.41) is 3.43. The minimum Gasteiger partial charge on any atom is -0.478 e. The van der Waals surface area contributed by atoms with Crippen LogP contribution in [0.2, 0.25) is 0 Å². The van der Waals surface area contributed by atoms with Crippen LogP contribution in [0.3, 0.4) is 0 Å². The van der Waals surface area contributed by atoms with Crippen molar-refractivity contribution in [3.63, 3.8) is 0 Å². The number of carbonyl (C=O) groups is 1. The van der Waals surface area contributed by atoms with Crippen LogP contribution in [0.1, 0.15) is 38.7 Å². The Labute approximate surface area is 203 Å². The number of halogens is 1. The molecule has 0 bridgehead atoms. The summed E-state index contributed by atoms with van der Waals surface area (Å²) in [6.07, 6.45) is 5.09. The molecular formula is C22H37IN6O2. The highest BCUT2D eigenvalue weighted by molar-refractivity contribution is 14.0. The van der Waals surface area contributed by atoms with Gasteiger partial charge in [-0.1, -0.05) is 13.0 Å². The third-order valence-corrected chi connectivity index (χ3v) is 5.85. The zero-order valence-electron chi connectivity index (χ0n) is 19.0. The van der Waals surface area contributed by atoms with Crippen LogP contribution in [0.25, 0.3) is 0 Å². The average molecular weight is 544 g/mol. The molecule has 1 aromatic rings. The molecule has 1 unspecified atom stereocenters. The molecular weight excluding hydrogens is 507 g/mol. The lowest BCUT2D eigenvalue weighted by Crippen LogP contribution is -2.57. The van der Waals surface area contributed by atoms with Crippen molar-refractivity contribution >= 4 is 35.8 Å². The summed E-state index contributed by atoms with van der Waals surface area (Å²) in [7, 11) is 1.81. The number of nitrogens with zero attached hydrogens (tertiary/aromatic N) is 5. The highest BCUT2D eigenvalue weighted by atomic mass is 127. The van der Waals surface area contributed by atoms with Crippen molar-refractivity contribution in [2.75, 3.05) is 52.9 Å². The average Bonchev–Trinajstić information content (AvgIpc) is 3.33. The number of hydrogen-bond donors (Lipinski definition) is 1. The van der Waals surface area contributed by atoms with Gasteiger partial charge in [-0.25, -0.2) is 4.98 Å². The van der Waals surface area contributed by atoms with Crippen LogP contribution < -0.4 is 10.1 Å². The van der Waals surface area contributed by atoms with Crippen molar-refractivity contribution in [1.82, 2.24) is 25.0 Å². The number of amides is 1. The monoisotopic (exact) mass is 544 g/mol. The van der Waals surface area contributed by atoms with Gasteiger partial charge in [0.15, 0.2) is 5.96 Å². The van der Waals surface area contributed by atoms with Crippen molar-refractivity contribution in [1.29, 1.82) is 0 Å². The summed E-state index contributed by atoms with van der Waals surface area (Å²) in [5.74, 6) is 1.83. The number of rotatable bonds is 7. The van der Waals surface area contributed by atoms with Crippen LogP contribution in [0.4, 0.5) is 0 Å². The van der Waals surface area contributed by atoms with Crippen molar-refractivity contribution in [3.8, 4) is 5.88 Å². The van der Waals surface area contributed by atoms with Crippen LogP contribution in [0, 0.1) is 0 Å². The Kier molecular flexibility index (Phi) is 10.8. The molecule has 1 amide bonds. The van der Waals surface area contributed by atoms with Gasteiger partial charge in [0, 0.05) is 65.1 Å². The summed E-state index contributed by atoms with van der Waals surface area (Å²) < 4.78 is 5.54. The number of aromatic nitrogens is 1. The number of nitrogens with one attached hydrogen (secondary N) is 1. The highest BCUT2D eigenvalue weighted by Crippen LogP contribution is 2.14. The van der Waals surface area contributed by atoms with Gasteiger partial charge >= 0.3 is 0 Å². The molecule has 2 aliphatic rings. The van der Waals surface area contributed by atoms with Gasteiger partial charge in [-0.05, 0) is 31.7 Å². The molecule has 8 nitrogen and oxygen atoms in total. The number of ether oxygens (including phenoxy) is 1. The second-order valence-electron chi connectivity index (χ2n) is 7.99. The van der Waals surface area contributed by atoms with E-state index in [4.69, 9.17) is 4.74 Å². The Morgan fingerprint density at radius 1 is 1.16 bits per heavy atom. The Morgan fingerprint density at radius 3 is 2.45 bits per heavy atom. The van der Waals surface area contributed by atoms with Gasteiger partial charge in [0.25, 0.3) is 0 Å². The van der Waals surface area contributed by atoms with Crippen molar-refractivity contribution in [2.45, 2.75) is 45.7 Å². The minimum absolute atomic E-state index is 0. The predicted molar refractivity (Wildman–Crippen MR) is 134 cm³/mol. The van der Waals surface area contributed by atoms with E-state index in [0.29, 0.717) is 19.0 Å². The maximum Gasteiger partial charge on any atom is 0.239 e. The normalized spacial score (nSPS) is 18.5. The van der Waals surface area contributed by atoms with Gasteiger partial charge in [0.2, 0.25) is 11.8 Å². The molecule has 3 rings (SSSR count). The summed E-state index contributed by atoms with van der Waals surface area (Å²) in [6.45, 7) is 10.8. The number of pyridine rings is 1. The molecule has 174 valence electrons. The number of likely N-dealkylation sites (tertiary alicyclic amines) is 1. The van der Waals surface area contributed by atoms with E-state index in [1.807, 2.05) is 37.2 Å². The first-order valence-electron chi connectivity index (χ1n) is 11.2. The summed E-state index contributed by atoms with van der Waals surface area (Å²) >= 11 is 0. The van der Waals surface area contributed by atoms with E-state index in [2.05, 4.69) is 32.0 Å². The Balaban J connectivity index is 0.00000341. The smallest absolute Gasteiger partial charge is 0.239 e. The molecule has 3 heterocycles. The molecule has 2 aliphatic heterocycles. The van der Waals surface area contributed by atoms with E-state index in [1.54, 1.807) is 0 Å². The van der Waals surface area contributed by atoms with Gasteiger partial charge in [0.05, 0.1) is 12.6 Å². The minimum atomic E-state index is -0.0419. The fourth-order valence-corrected chi connectivity index (χ4v) is 4.00. The zero-order chi connectivity index (χ0) is 21.3. The molecule has 0 aliphatic carbocycles. The van der Waals surface area contributed by atoms with Crippen LogP contribution >= 0.6 is 24.0 Å².